The highest BCUT2D eigenvalue weighted by Gasteiger charge is 2.53. The summed E-state index contributed by atoms with van der Waals surface area (Å²) < 4.78 is 6.20. The fourth-order valence-corrected chi connectivity index (χ4v) is 4.38. The van der Waals surface area contributed by atoms with Crippen LogP contribution in [-0.4, -0.2) is 18.1 Å². The third-order valence-electron chi connectivity index (χ3n) is 6.16. The van der Waals surface area contributed by atoms with Gasteiger partial charge in [-0.2, -0.15) is 0 Å². The van der Waals surface area contributed by atoms with Gasteiger partial charge in [-0.05, 0) is 50.3 Å². The predicted molar refractivity (Wildman–Crippen MR) is 109 cm³/mol. The van der Waals surface area contributed by atoms with Crippen LogP contribution in [0.1, 0.15) is 37.8 Å². The van der Waals surface area contributed by atoms with Crippen molar-refractivity contribution >= 4 is 5.97 Å². The molecule has 3 rings (SSSR count). The quantitative estimate of drug-likeness (QED) is 0.583. The summed E-state index contributed by atoms with van der Waals surface area (Å²) in [5.74, 6) is 0.359. The minimum absolute atomic E-state index is 0.216. The summed E-state index contributed by atoms with van der Waals surface area (Å²) in [5, 5.41) is 0. The van der Waals surface area contributed by atoms with E-state index in [1.165, 1.54) is 0 Å². The molecule has 3 atom stereocenters. The Morgan fingerprint density at radius 3 is 2.15 bits per heavy atom. The van der Waals surface area contributed by atoms with Gasteiger partial charge in [0.15, 0.2) is 0 Å². The van der Waals surface area contributed by atoms with Crippen molar-refractivity contribution in [1.82, 2.24) is 0 Å². The van der Waals surface area contributed by atoms with Crippen LogP contribution in [0, 0.1) is 11.8 Å². The fraction of sp³-hybridized carbons (Fsp3) is 0.375. The fourth-order valence-electron chi connectivity index (χ4n) is 4.38. The summed E-state index contributed by atoms with van der Waals surface area (Å²) in [6.07, 6.45) is 3.59. The van der Waals surface area contributed by atoms with Gasteiger partial charge in [-0.15, -0.1) is 6.58 Å². The number of allylic oxidation sites excluding steroid dienone is 1. The second kappa shape index (κ2) is 7.69. The number of hydrogen-bond donors (Lipinski definition) is 1. The van der Waals surface area contributed by atoms with E-state index in [1.54, 1.807) is 0 Å². The van der Waals surface area contributed by atoms with E-state index >= 15 is 0 Å². The lowest BCUT2D eigenvalue weighted by molar-refractivity contribution is -0.191. The van der Waals surface area contributed by atoms with Gasteiger partial charge in [-0.25, -0.2) is 0 Å². The summed E-state index contributed by atoms with van der Waals surface area (Å²) in [6.45, 7) is 8.48. The van der Waals surface area contributed by atoms with Crippen LogP contribution < -0.4 is 5.73 Å². The van der Waals surface area contributed by atoms with Gasteiger partial charge < -0.3 is 10.5 Å². The van der Waals surface area contributed by atoms with Crippen LogP contribution in [0.15, 0.2) is 73.3 Å². The molecule has 2 unspecified atom stereocenters. The van der Waals surface area contributed by atoms with Gasteiger partial charge in [0.1, 0.15) is 11.0 Å². The van der Waals surface area contributed by atoms with Gasteiger partial charge in [0.2, 0.25) is 0 Å². The second-order valence-electron chi connectivity index (χ2n) is 7.85. The van der Waals surface area contributed by atoms with Crippen LogP contribution in [0.3, 0.4) is 0 Å². The number of carbonyl (C=O) groups is 1. The summed E-state index contributed by atoms with van der Waals surface area (Å²) in [7, 11) is 0. The number of benzene rings is 2. The average Bonchev–Trinajstić information content (AvgIpc) is 2.71. The molecule has 0 saturated heterocycles. The molecule has 3 heteroatoms. The Balaban J connectivity index is 1.94. The van der Waals surface area contributed by atoms with Crippen molar-refractivity contribution in [2.75, 3.05) is 6.54 Å². The topological polar surface area (TPSA) is 52.3 Å². The summed E-state index contributed by atoms with van der Waals surface area (Å²) in [6, 6.07) is 19.7. The first-order chi connectivity index (χ1) is 13.0. The normalized spacial score (nSPS) is 24.7. The maximum Gasteiger partial charge on any atom is 0.321 e. The lowest BCUT2D eigenvalue weighted by atomic mass is 9.60. The van der Waals surface area contributed by atoms with Crippen molar-refractivity contribution in [1.29, 1.82) is 0 Å². The summed E-state index contributed by atoms with van der Waals surface area (Å²) in [4.78, 5) is 13.5. The molecule has 0 spiro atoms. The standard InChI is InChI=1S/C24H29NO2/c1-4-18-17-23(2,21(18)15-16-25)27-22(26)24(3,19-11-7-5-8-12-19)20-13-9-6-10-14-20/h4-14,18,21H,1,15-17,25H2,2-3H3/t18?,21?,23-/m0/s1. The molecule has 3 nitrogen and oxygen atoms in total. The van der Waals surface area contributed by atoms with E-state index in [2.05, 4.69) is 6.58 Å². The molecule has 142 valence electrons. The molecule has 0 aliphatic heterocycles. The Hall–Kier alpha value is -2.39. The summed E-state index contributed by atoms with van der Waals surface area (Å²) in [5.41, 5.74) is 6.30. The highest BCUT2D eigenvalue weighted by Crippen LogP contribution is 2.50. The lowest BCUT2D eigenvalue weighted by Crippen LogP contribution is -2.56. The van der Waals surface area contributed by atoms with Crippen LogP contribution in [0.4, 0.5) is 0 Å². The minimum atomic E-state index is -0.863. The Bertz CT molecular complexity index is 747. The van der Waals surface area contributed by atoms with Crippen molar-refractivity contribution < 1.29 is 9.53 Å². The number of carbonyl (C=O) groups excluding carboxylic acids is 1. The second-order valence-corrected chi connectivity index (χ2v) is 7.85. The molecule has 0 bridgehead atoms. The maximum atomic E-state index is 13.5. The van der Waals surface area contributed by atoms with Crippen LogP contribution in [0.2, 0.25) is 0 Å². The predicted octanol–water partition coefficient (Wildman–Crippen LogP) is 4.47. The third kappa shape index (κ3) is 3.44. The van der Waals surface area contributed by atoms with Gasteiger partial charge in [-0.1, -0.05) is 66.7 Å². The molecular formula is C24H29NO2. The average molecular weight is 364 g/mol. The van der Waals surface area contributed by atoms with E-state index in [1.807, 2.05) is 80.6 Å². The monoisotopic (exact) mass is 363 g/mol. The Kier molecular flexibility index (Phi) is 5.52. The van der Waals surface area contributed by atoms with E-state index in [4.69, 9.17) is 10.5 Å². The highest BCUT2D eigenvalue weighted by molar-refractivity contribution is 5.87. The number of ether oxygens (including phenoxy) is 1. The first kappa shape index (κ1) is 19.4. The molecule has 2 aromatic carbocycles. The van der Waals surface area contributed by atoms with Crippen LogP contribution in [-0.2, 0) is 14.9 Å². The zero-order valence-corrected chi connectivity index (χ0v) is 16.2. The van der Waals surface area contributed by atoms with Gasteiger partial charge >= 0.3 is 5.97 Å². The highest BCUT2D eigenvalue weighted by atomic mass is 16.6. The van der Waals surface area contributed by atoms with Gasteiger partial charge in [-0.3, -0.25) is 4.79 Å². The molecule has 2 N–H and O–H groups in total. The molecule has 0 amide bonds. The van der Waals surface area contributed by atoms with Gasteiger partial charge in [0.05, 0.1) is 0 Å². The van der Waals surface area contributed by atoms with E-state index in [0.717, 1.165) is 24.0 Å². The molecule has 0 aromatic heterocycles. The minimum Gasteiger partial charge on any atom is -0.458 e. The maximum absolute atomic E-state index is 13.5. The molecule has 1 fully saturated rings. The SMILES string of the molecule is C=CC1C[C@](C)(OC(=O)C(C)(c2ccccc2)c2ccccc2)C1CCN. The molecule has 0 heterocycles. The van der Waals surface area contributed by atoms with E-state index in [-0.39, 0.29) is 11.9 Å². The number of esters is 1. The summed E-state index contributed by atoms with van der Waals surface area (Å²) >= 11 is 0. The lowest BCUT2D eigenvalue weighted by Gasteiger charge is -2.52. The van der Waals surface area contributed by atoms with Crippen LogP contribution in [0.5, 0.6) is 0 Å². The zero-order valence-electron chi connectivity index (χ0n) is 16.2. The van der Waals surface area contributed by atoms with Crippen LogP contribution >= 0.6 is 0 Å². The van der Waals surface area contributed by atoms with E-state index in [0.29, 0.717) is 12.5 Å². The van der Waals surface area contributed by atoms with E-state index in [9.17, 15) is 4.79 Å². The number of hydrogen-bond acceptors (Lipinski definition) is 3. The molecule has 1 saturated carbocycles. The van der Waals surface area contributed by atoms with Crippen molar-refractivity contribution in [2.24, 2.45) is 17.6 Å². The van der Waals surface area contributed by atoms with Gasteiger partial charge in [0.25, 0.3) is 0 Å². The molecule has 1 aliphatic carbocycles. The van der Waals surface area contributed by atoms with Crippen molar-refractivity contribution in [2.45, 2.75) is 37.7 Å². The molecule has 27 heavy (non-hydrogen) atoms. The van der Waals surface area contributed by atoms with Gasteiger partial charge in [0, 0.05) is 5.92 Å². The van der Waals surface area contributed by atoms with E-state index < -0.39 is 11.0 Å². The largest absolute Gasteiger partial charge is 0.458 e. The smallest absolute Gasteiger partial charge is 0.321 e. The molecule has 0 radical (unpaired) electrons. The van der Waals surface area contributed by atoms with Crippen molar-refractivity contribution in [3.8, 4) is 0 Å². The first-order valence-electron chi connectivity index (χ1n) is 9.63. The zero-order chi connectivity index (χ0) is 19.5. The Morgan fingerprint density at radius 1 is 1.19 bits per heavy atom. The molecule has 1 aliphatic rings. The Morgan fingerprint density at radius 2 is 1.70 bits per heavy atom. The molecule has 2 aromatic rings. The Labute approximate surface area is 162 Å². The third-order valence-corrected chi connectivity index (χ3v) is 6.16. The van der Waals surface area contributed by atoms with Crippen molar-refractivity contribution in [3.63, 3.8) is 0 Å². The molecular weight excluding hydrogens is 334 g/mol. The number of rotatable bonds is 7. The van der Waals surface area contributed by atoms with Crippen LogP contribution in [0.25, 0.3) is 0 Å². The first-order valence-corrected chi connectivity index (χ1v) is 9.63. The van der Waals surface area contributed by atoms with Crippen molar-refractivity contribution in [3.05, 3.63) is 84.4 Å². The number of nitrogens with two attached hydrogens (primary N) is 1.